The summed E-state index contributed by atoms with van der Waals surface area (Å²) in [6.07, 6.45) is 0.520. The predicted octanol–water partition coefficient (Wildman–Crippen LogP) is 4.02. The van der Waals surface area contributed by atoms with E-state index < -0.39 is 11.9 Å². The van der Waals surface area contributed by atoms with Crippen molar-refractivity contribution in [2.24, 2.45) is 0 Å². The van der Waals surface area contributed by atoms with Gasteiger partial charge in [0.05, 0.1) is 24.5 Å². The van der Waals surface area contributed by atoms with Crippen molar-refractivity contribution in [3.8, 4) is 17.1 Å². The molecule has 1 aliphatic heterocycles. The first kappa shape index (κ1) is 20.8. The van der Waals surface area contributed by atoms with Gasteiger partial charge in [0.25, 0.3) is 5.91 Å². The Bertz CT molecular complexity index is 1100. The zero-order valence-corrected chi connectivity index (χ0v) is 16.7. The number of ether oxygens (including phenoxy) is 1. The summed E-state index contributed by atoms with van der Waals surface area (Å²) in [6.45, 7) is 0.627. The molecule has 0 radical (unpaired) electrons. The number of methoxy groups -OCH3 is 1. The van der Waals surface area contributed by atoms with E-state index in [2.05, 4.69) is 20.4 Å². The van der Waals surface area contributed by atoms with Crippen molar-refractivity contribution >= 4 is 5.91 Å². The SMILES string of the molecule is COc1cc(C(=O)N[C@H]2CCCCn3nc(-c4ccnc(C(F)(F)F)c4)cc32)ccn1. The van der Waals surface area contributed by atoms with Crippen LogP contribution in [0.15, 0.2) is 42.7 Å². The van der Waals surface area contributed by atoms with Crippen LogP contribution in [0.5, 0.6) is 5.88 Å². The number of aryl methyl sites for hydroxylation is 1. The quantitative estimate of drug-likeness (QED) is 0.675. The van der Waals surface area contributed by atoms with Gasteiger partial charge in [0.2, 0.25) is 5.88 Å². The maximum absolute atomic E-state index is 13.0. The van der Waals surface area contributed by atoms with Crippen LogP contribution in [0.1, 0.15) is 47.1 Å². The highest BCUT2D eigenvalue weighted by atomic mass is 19.4. The van der Waals surface area contributed by atoms with Crippen molar-refractivity contribution in [2.45, 2.75) is 38.0 Å². The smallest absolute Gasteiger partial charge is 0.433 e. The summed E-state index contributed by atoms with van der Waals surface area (Å²) >= 11 is 0. The van der Waals surface area contributed by atoms with E-state index >= 15 is 0 Å². The van der Waals surface area contributed by atoms with Crippen LogP contribution in [0.3, 0.4) is 0 Å². The van der Waals surface area contributed by atoms with E-state index in [0.29, 0.717) is 35.7 Å². The summed E-state index contributed by atoms with van der Waals surface area (Å²) in [5.41, 5.74) is 0.935. The molecule has 31 heavy (non-hydrogen) atoms. The Balaban J connectivity index is 1.62. The average molecular weight is 431 g/mol. The largest absolute Gasteiger partial charge is 0.481 e. The topological polar surface area (TPSA) is 81.9 Å². The van der Waals surface area contributed by atoms with Crippen LogP contribution in [0, 0.1) is 0 Å². The van der Waals surface area contributed by atoms with Crippen molar-refractivity contribution < 1.29 is 22.7 Å². The van der Waals surface area contributed by atoms with Crippen molar-refractivity contribution in [3.63, 3.8) is 0 Å². The standard InChI is InChI=1S/C21H20F3N5O2/c1-31-19-11-14(6-8-26-19)20(30)27-15-4-2-3-9-29-17(15)12-16(28-29)13-5-7-25-18(10-13)21(22,23)24/h5-8,10-12,15H,2-4,9H2,1H3,(H,27,30)/t15-/m0/s1. The molecular weight excluding hydrogens is 411 g/mol. The molecule has 10 heteroatoms. The Labute approximate surface area is 176 Å². The molecule has 0 saturated carbocycles. The highest BCUT2D eigenvalue weighted by molar-refractivity contribution is 5.94. The summed E-state index contributed by atoms with van der Waals surface area (Å²) in [5.74, 6) is 0.0455. The minimum absolute atomic E-state index is 0.287. The minimum Gasteiger partial charge on any atom is -0.481 e. The molecule has 0 aliphatic carbocycles. The average Bonchev–Trinajstić information content (AvgIpc) is 3.11. The molecule has 1 N–H and O–H groups in total. The number of aromatic nitrogens is 4. The number of nitrogens with one attached hydrogen (secondary N) is 1. The van der Waals surface area contributed by atoms with Gasteiger partial charge >= 0.3 is 6.18 Å². The number of hydrogen-bond acceptors (Lipinski definition) is 5. The van der Waals surface area contributed by atoms with Gasteiger partial charge < -0.3 is 10.1 Å². The molecule has 4 heterocycles. The highest BCUT2D eigenvalue weighted by Crippen LogP contribution is 2.32. The van der Waals surface area contributed by atoms with Crippen molar-refractivity contribution in [1.29, 1.82) is 0 Å². The number of amides is 1. The van der Waals surface area contributed by atoms with Crippen LogP contribution in [0.4, 0.5) is 13.2 Å². The van der Waals surface area contributed by atoms with Gasteiger partial charge in [-0.15, -0.1) is 0 Å². The summed E-state index contributed by atoms with van der Waals surface area (Å²) in [4.78, 5) is 20.2. The molecule has 1 atom stereocenters. The molecular formula is C21H20F3N5O2. The lowest BCUT2D eigenvalue weighted by atomic mass is 10.1. The predicted molar refractivity (Wildman–Crippen MR) is 105 cm³/mol. The molecule has 0 bridgehead atoms. The van der Waals surface area contributed by atoms with E-state index in [1.807, 2.05) is 0 Å². The van der Waals surface area contributed by atoms with Crippen LogP contribution in [0.2, 0.25) is 0 Å². The van der Waals surface area contributed by atoms with Crippen LogP contribution >= 0.6 is 0 Å². The zero-order chi connectivity index (χ0) is 22.0. The molecule has 162 valence electrons. The van der Waals surface area contributed by atoms with E-state index in [9.17, 15) is 18.0 Å². The Morgan fingerprint density at radius 1 is 1.16 bits per heavy atom. The molecule has 1 aliphatic rings. The third kappa shape index (κ3) is 4.52. The first-order valence-electron chi connectivity index (χ1n) is 9.77. The Morgan fingerprint density at radius 2 is 1.97 bits per heavy atom. The third-order valence-electron chi connectivity index (χ3n) is 5.14. The number of halogens is 3. The fraction of sp³-hybridized carbons (Fsp3) is 0.333. The van der Waals surface area contributed by atoms with E-state index in [1.54, 1.807) is 22.9 Å². The second-order valence-electron chi connectivity index (χ2n) is 7.21. The number of pyridine rings is 2. The monoisotopic (exact) mass is 431 g/mol. The number of alkyl halides is 3. The van der Waals surface area contributed by atoms with Gasteiger partial charge in [0.1, 0.15) is 5.69 Å². The summed E-state index contributed by atoms with van der Waals surface area (Å²) in [5, 5.41) is 7.51. The van der Waals surface area contributed by atoms with Crippen LogP contribution in [0.25, 0.3) is 11.3 Å². The van der Waals surface area contributed by atoms with Gasteiger partial charge in [-0.25, -0.2) is 4.98 Å². The van der Waals surface area contributed by atoms with Crippen molar-refractivity contribution in [2.75, 3.05) is 7.11 Å². The van der Waals surface area contributed by atoms with Crippen LogP contribution in [-0.4, -0.2) is 32.8 Å². The summed E-state index contributed by atoms with van der Waals surface area (Å²) in [7, 11) is 1.47. The van der Waals surface area contributed by atoms with Gasteiger partial charge in [-0.1, -0.05) is 0 Å². The number of hydrogen-bond donors (Lipinski definition) is 1. The molecule has 4 rings (SSSR count). The Hall–Kier alpha value is -3.43. The third-order valence-corrected chi connectivity index (χ3v) is 5.14. The van der Waals surface area contributed by atoms with Crippen LogP contribution < -0.4 is 10.1 Å². The van der Waals surface area contributed by atoms with E-state index in [4.69, 9.17) is 4.74 Å². The first-order chi connectivity index (χ1) is 14.8. The first-order valence-corrected chi connectivity index (χ1v) is 9.77. The molecule has 0 unspecified atom stereocenters. The molecule has 0 fully saturated rings. The Kier molecular flexibility index (Phi) is 5.62. The van der Waals surface area contributed by atoms with Gasteiger partial charge in [-0.2, -0.15) is 18.3 Å². The van der Waals surface area contributed by atoms with Gasteiger partial charge in [-0.3, -0.25) is 14.5 Å². The van der Waals surface area contributed by atoms with Crippen molar-refractivity contribution in [1.82, 2.24) is 25.1 Å². The molecule has 3 aromatic heterocycles. The fourth-order valence-electron chi connectivity index (χ4n) is 3.58. The molecule has 0 saturated heterocycles. The number of fused-ring (bicyclic) bond motifs is 1. The maximum Gasteiger partial charge on any atom is 0.433 e. The van der Waals surface area contributed by atoms with Gasteiger partial charge in [0.15, 0.2) is 0 Å². The minimum atomic E-state index is -4.53. The van der Waals surface area contributed by atoms with Gasteiger partial charge in [0, 0.05) is 36.1 Å². The van der Waals surface area contributed by atoms with Crippen LogP contribution in [-0.2, 0) is 12.7 Å². The second kappa shape index (κ2) is 8.37. The molecule has 1 amide bonds. The molecule has 0 spiro atoms. The molecule has 0 aromatic carbocycles. The number of nitrogens with zero attached hydrogens (tertiary/aromatic N) is 4. The molecule has 3 aromatic rings. The van der Waals surface area contributed by atoms with E-state index in [-0.39, 0.29) is 11.9 Å². The summed E-state index contributed by atoms with van der Waals surface area (Å²) in [6, 6.07) is 7.03. The summed E-state index contributed by atoms with van der Waals surface area (Å²) < 4.78 is 45.9. The Morgan fingerprint density at radius 3 is 2.74 bits per heavy atom. The molecule has 7 nitrogen and oxygen atoms in total. The van der Waals surface area contributed by atoms with Crippen molar-refractivity contribution in [3.05, 3.63) is 59.7 Å². The zero-order valence-electron chi connectivity index (χ0n) is 16.7. The van der Waals surface area contributed by atoms with E-state index in [0.717, 1.165) is 30.8 Å². The highest BCUT2D eigenvalue weighted by Gasteiger charge is 2.33. The lowest BCUT2D eigenvalue weighted by molar-refractivity contribution is -0.141. The second-order valence-corrected chi connectivity index (χ2v) is 7.21. The fourth-order valence-corrected chi connectivity index (χ4v) is 3.58. The normalized spacial score (nSPS) is 16.3. The van der Waals surface area contributed by atoms with E-state index in [1.165, 1.54) is 19.4 Å². The lowest BCUT2D eigenvalue weighted by Gasteiger charge is -2.17. The lowest BCUT2D eigenvalue weighted by Crippen LogP contribution is -2.29. The maximum atomic E-state index is 13.0. The number of rotatable bonds is 4. The number of carbonyl (C=O) groups excluding carboxylic acids is 1. The number of carbonyl (C=O) groups is 1. The van der Waals surface area contributed by atoms with Gasteiger partial charge in [-0.05, 0) is 43.5 Å².